The van der Waals surface area contributed by atoms with Crippen LogP contribution in [0, 0.1) is 18.3 Å². The van der Waals surface area contributed by atoms with Crippen molar-refractivity contribution in [3.8, 4) is 23.5 Å². The Bertz CT molecular complexity index is 715. The quantitative estimate of drug-likeness (QED) is 0.873. The predicted octanol–water partition coefficient (Wildman–Crippen LogP) is 3.79. The van der Waals surface area contributed by atoms with Gasteiger partial charge in [0.2, 0.25) is 0 Å². The number of nitrogens with one attached hydrogen (secondary N) is 1. The van der Waals surface area contributed by atoms with Crippen molar-refractivity contribution in [1.82, 2.24) is 5.32 Å². The summed E-state index contributed by atoms with van der Waals surface area (Å²) < 4.78 is 5.42. The van der Waals surface area contributed by atoms with Crippen molar-refractivity contribution in [1.29, 1.82) is 0 Å². The Balaban J connectivity index is 1.71. The van der Waals surface area contributed by atoms with E-state index in [-0.39, 0.29) is 11.8 Å². The van der Waals surface area contributed by atoms with E-state index in [1.807, 2.05) is 31.2 Å². The fourth-order valence-corrected chi connectivity index (χ4v) is 2.94. The second-order valence-electron chi connectivity index (χ2n) is 5.77. The van der Waals surface area contributed by atoms with Crippen molar-refractivity contribution in [3.63, 3.8) is 0 Å². The minimum absolute atomic E-state index is 0.00418. The summed E-state index contributed by atoms with van der Waals surface area (Å²) in [5.74, 6) is 2.65. The number of ether oxygens (including phenoxy) is 1. The highest BCUT2D eigenvalue weighted by Crippen LogP contribution is 2.44. The molecule has 1 aliphatic rings. The van der Waals surface area contributed by atoms with Gasteiger partial charge in [-0.2, -0.15) is 0 Å². The summed E-state index contributed by atoms with van der Waals surface area (Å²) in [5.41, 5.74) is 4.85. The first-order valence-electron chi connectivity index (χ1n) is 7.75. The van der Waals surface area contributed by atoms with Crippen LogP contribution in [0.4, 0.5) is 4.79 Å². The number of terminal acetylenes is 1. The van der Waals surface area contributed by atoms with Crippen LogP contribution in [0.25, 0.3) is 11.1 Å². The van der Waals surface area contributed by atoms with E-state index < -0.39 is 6.09 Å². The Hall–Kier alpha value is -2.73. The molecule has 0 spiro atoms. The van der Waals surface area contributed by atoms with Gasteiger partial charge in [0.15, 0.2) is 0 Å². The van der Waals surface area contributed by atoms with Gasteiger partial charge < -0.3 is 10.1 Å². The van der Waals surface area contributed by atoms with Crippen LogP contribution in [0.2, 0.25) is 0 Å². The monoisotopic (exact) mass is 305 g/mol. The topological polar surface area (TPSA) is 38.3 Å². The molecule has 23 heavy (non-hydrogen) atoms. The van der Waals surface area contributed by atoms with E-state index in [9.17, 15) is 4.79 Å². The number of rotatable bonds is 4. The summed E-state index contributed by atoms with van der Waals surface area (Å²) in [5, 5.41) is 2.70. The summed E-state index contributed by atoms with van der Waals surface area (Å²) in [6.45, 7) is 2.63. The molecule has 0 fully saturated rings. The highest BCUT2D eigenvalue weighted by atomic mass is 16.5. The van der Waals surface area contributed by atoms with Gasteiger partial charge in [-0.1, -0.05) is 48.5 Å². The van der Waals surface area contributed by atoms with Gasteiger partial charge in [-0.25, -0.2) is 4.79 Å². The average Bonchev–Trinajstić information content (AvgIpc) is 2.92. The van der Waals surface area contributed by atoms with Crippen LogP contribution < -0.4 is 5.32 Å². The van der Waals surface area contributed by atoms with Gasteiger partial charge in [0, 0.05) is 18.4 Å². The van der Waals surface area contributed by atoms with Gasteiger partial charge >= 0.3 is 6.09 Å². The lowest BCUT2D eigenvalue weighted by Gasteiger charge is -2.15. The van der Waals surface area contributed by atoms with Crippen LogP contribution in [0.3, 0.4) is 0 Å². The van der Waals surface area contributed by atoms with E-state index in [0.717, 1.165) is 0 Å². The number of fused-ring (bicyclic) bond motifs is 3. The van der Waals surface area contributed by atoms with Crippen molar-refractivity contribution in [2.24, 2.45) is 5.92 Å². The summed E-state index contributed by atoms with van der Waals surface area (Å²) >= 11 is 0. The van der Waals surface area contributed by atoms with Gasteiger partial charge in [0.1, 0.15) is 6.61 Å². The molecule has 3 nitrogen and oxygen atoms in total. The highest BCUT2D eigenvalue weighted by molar-refractivity contribution is 5.79. The van der Waals surface area contributed by atoms with E-state index in [0.29, 0.717) is 13.2 Å². The van der Waals surface area contributed by atoms with E-state index in [1.165, 1.54) is 22.3 Å². The molecule has 0 saturated carbocycles. The first-order valence-corrected chi connectivity index (χ1v) is 7.75. The largest absolute Gasteiger partial charge is 0.449 e. The zero-order valence-corrected chi connectivity index (χ0v) is 13.1. The number of carbonyl (C=O) groups is 1. The maximum Gasteiger partial charge on any atom is 0.407 e. The van der Waals surface area contributed by atoms with Crippen molar-refractivity contribution in [2.45, 2.75) is 12.8 Å². The summed E-state index contributed by atoms with van der Waals surface area (Å²) in [7, 11) is 0. The van der Waals surface area contributed by atoms with Gasteiger partial charge in [-0.15, -0.1) is 12.3 Å². The van der Waals surface area contributed by atoms with E-state index >= 15 is 0 Å². The minimum Gasteiger partial charge on any atom is -0.449 e. The molecule has 0 radical (unpaired) electrons. The number of alkyl carbamates (subject to hydrolysis) is 1. The molecule has 2 aromatic carbocycles. The molecule has 3 rings (SSSR count). The fourth-order valence-electron chi connectivity index (χ4n) is 2.94. The van der Waals surface area contributed by atoms with E-state index in [1.54, 1.807) is 0 Å². The third kappa shape index (κ3) is 3.07. The zero-order chi connectivity index (χ0) is 16.2. The first kappa shape index (κ1) is 15.2. The SMILES string of the molecule is C#CC(C)CNC(=O)OCC1c2ccccc2-c2ccccc21. The Morgan fingerprint density at radius 2 is 1.74 bits per heavy atom. The van der Waals surface area contributed by atoms with Gasteiger partial charge in [-0.05, 0) is 29.2 Å². The maximum atomic E-state index is 11.8. The van der Waals surface area contributed by atoms with Crippen LogP contribution in [0.5, 0.6) is 0 Å². The Labute approximate surface area is 136 Å². The van der Waals surface area contributed by atoms with Crippen LogP contribution in [-0.2, 0) is 4.74 Å². The number of hydrogen-bond donors (Lipinski definition) is 1. The molecule has 3 heteroatoms. The molecule has 0 bridgehead atoms. The molecule has 1 N–H and O–H groups in total. The van der Waals surface area contributed by atoms with Crippen LogP contribution in [0.15, 0.2) is 48.5 Å². The minimum atomic E-state index is -0.422. The number of benzene rings is 2. The molecule has 0 aliphatic heterocycles. The maximum absolute atomic E-state index is 11.8. The Kier molecular flexibility index (Phi) is 4.34. The van der Waals surface area contributed by atoms with E-state index in [2.05, 4.69) is 35.5 Å². The first-order chi connectivity index (χ1) is 11.2. The van der Waals surface area contributed by atoms with Crippen LogP contribution >= 0.6 is 0 Å². The van der Waals surface area contributed by atoms with Crippen molar-refractivity contribution < 1.29 is 9.53 Å². The normalized spacial score (nSPS) is 13.6. The summed E-state index contributed by atoms with van der Waals surface area (Å²) in [4.78, 5) is 11.8. The molecule has 0 heterocycles. The van der Waals surface area contributed by atoms with Gasteiger partial charge in [0.25, 0.3) is 0 Å². The lowest BCUT2D eigenvalue weighted by molar-refractivity contribution is 0.142. The summed E-state index contributed by atoms with van der Waals surface area (Å²) in [6.07, 6.45) is 4.87. The highest BCUT2D eigenvalue weighted by Gasteiger charge is 2.28. The third-order valence-electron chi connectivity index (χ3n) is 4.18. The number of hydrogen-bond acceptors (Lipinski definition) is 2. The standard InChI is InChI=1S/C20H19NO2/c1-3-14(2)12-21-20(22)23-13-19-17-10-6-4-8-15(17)16-9-5-7-11-18(16)19/h1,4-11,14,19H,12-13H2,2H3,(H,21,22). The number of amides is 1. The van der Waals surface area contributed by atoms with Crippen LogP contribution in [0.1, 0.15) is 24.0 Å². The molecule has 1 amide bonds. The molecule has 1 atom stereocenters. The van der Waals surface area contributed by atoms with Gasteiger partial charge in [-0.3, -0.25) is 0 Å². The van der Waals surface area contributed by atoms with Crippen molar-refractivity contribution in [3.05, 3.63) is 59.7 Å². The Morgan fingerprint density at radius 3 is 2.30 bits per heavy atom. The zero-order valence-electron chi connectivity index (χ0n) is 13.1. The van der Waals surface area contributed by atoms with Crippen molar-refractivity contribution in [2.75, 3.05) is 13.2 Å². The second kappa shape index (κ2) is 6.58. The molecular weight excluding hydrogens is 286 g/mol. The van der Waals surface area contributed by atoms with Crippen molar-refractivity contribution >= 4 is 6.09 Å². The fraction of sp³-hybridized carbons (Fsp3) is 0.250. The molecule has 1 unspecified atom stereocenters. The molecule has 0 saturated heterocycles. The second-order valence-corrected chi connectivity index (χ2v) is 5.77. The number of carbonyl (C=O) groups excluding carboxylic acids is 1. The molecule has 116 valence electrons. The third-order valence-corrected chi connectivity index (χ3v) is 4.18. The van der Waals surface area contributed by atoms with Gasteiger partial charge in [0.05, 0.1) is 0 Å². The molecule has 0 aromatic heterocycles. The lowest BCUT2D eigenvalue weighted by Crippen LogP contribution is -2.29. The molecule has 2 aromatic rings. The smallest absolute Gasteiger partial charge is 0.407 e. The predicted molar refractivity (Wildman–Crippen MR) is 91.1 cm³/mol. The molecule has 1 aliphatic carbocycles. The Morgan fingerprint density at radius 1 is 1.17 bits per heavy atom. The van der Waals surface area contributed by atoms with E-state index in [4.69, 9.17) is 11.2 Å². The lowest BCUT2D eigenvalue weighted by atomic mass is 9.98. The van der Waals surface area contributed by atoms with Crippen LogP contribution in [-0.4, -0.2) is 19.2 Å². The average molecular weight is 305 g/mol. The summed E-state index contributed by atoms with van der Waals surface area (Å²) in [6, 6.07) is 16.5. The molecular formula is C20H19NO2.